The first-order valence-corrected chi connectivity index (χ1v) is 7.18. The van der Waals surface area contributed by atoms with Gasteiger partial charge in [0.25, 0.3) is 10.0 Å². The van der Waals surface area contributed by atoms with E-state index in [1.165, 1.54) is 18.5 Å². The average Bonchev–Trinajstić information content (AvgIpc) is 2.78. The molecule has 1 aromatic heterocycles. The Labute approximate surface area is 112 Å². The van der Waals surface area contributed by atoms with Crippen molar-refractivity contribution in [2.45, 2.75) is 11.8 Å². The molecule has 8 heteroatoms. The lowest BCUT2D eigenvalue weighted by molar-refractivity contribution is 0.474. The van der Waals surface area contributed by atoms with Crippen molar-refractivity contribution >= 4 is 31.6 Å². The number of H-pyrrole nitrogens is 1. The highest BCUT2D eigenvalue weighted by molar-refractivity contribution is 9.10. The van der Waals surface area contributed by atoms with Crippen molar-refractivity contribution in [3.63, 3.8) is 0 Å². The number of rotatable bonds is 3. The first-order chi connectivity index (χ1) is 8.40. The van der Waals surface area contributed by atoms with Gasteiger partial charge in [0.15, 0.2) is 5.75 Å². The third kappa shape index (κ3) is 2.49. The number of sulfonamides is 1. The summed E-state index contributed by atoms with van der Waals surface area (Å²) in [6.07, 6.45) is 2.44. The summed E-state index contributed by atoms with van der Waals surface area (Å²) in [6.45, 7) is 1.79. The number of halogens is 1. The zero-order valence-electron chi connectivity index (χ0n) is 9.31. The van der Waals surface area contributed by atoms with E-state index in [4.69, 9.17) is 0 Å². The van der Waals surface area contributed by atoms with Gasteiger partial charge in [-0.15, -0.1) is 0 Å². The van der Waals surface area contributed by atoms with E-state index in [0.29, 0.717) is 4.47 Å². The minimum Gasteiger partial charge on any atom is -0.505 e. The second-order valence-electron chi connectivity index (χ2n) is 3.68. The van der Waals surface area contributed by atoms with Crippen LogP contribution in [0.25, 0.3) is 0 Å². The summed E-state index contributed by atoms with van der Waals surface area (Å²) in [4.78, 5) is -0.000437. The number of nitrogens with one attached hydrogen (secondary N) is 2. The zero-order chi connectivity index (χ0) is 13.3. The Morgan fingerprint density at radius 2 is 2.17 bits per heavy atom. The largest absolute Gasteiger partial charge is 0.505 e. The van der Waals surface area contributed by atoms with Crippen LogP contribution in [0.5, 0.6) is 5.75 Å². The monoisotopic (exact) mass is 331 g/mol. The summed E-state index contributed by atoms with van der Waals surface area (Å²) in [7, 11) is -3.75. The molecule has 0 radical (unpaired) electrons. The van der Waals surface area contributed by atoms with Gasteiger partial charge in [-0.3, -0.25) is 9.82 Å². The lowest BCUT2D eigenvalue weighted by Crippen LogP contribution is -2.12. The van der Waals surface area contributed by atoms with E-state index in [9.17, 15) is 13.5 Å². The predicted molar refractivity (Wildman–Crippen MR) is 69.9 cm³/mol. The number of aromatic nitrogens is 2. The molecule has 2 rings (SSSR count). The summed E-state index contributed by atoms with van der Waals surface area (Å²) in [5.74, 6) is -0.160. The summed E-state index contributed by atoms with van der Waals surface area (Å²) < 4.78 is 26.6. The molecular weight excluding hydrogens is 322 g/mol. The van der Waals surface area contributed by atoms with Crippen LogP contribution in [-0.4, -0.2) is 23.7 Å². The summed E-state index contributed by atoms with van der Waals surface area (Å²) >= 11 is 3.15. The van der Waals surface area contributed by atoms with Crippen molar-refractivity contribution in [3.8, 4) is 5.75 Å². The van der Waals surface area contributed by atoms with Crippen molar-refractivity contribution < 1.29 is 13.5 Å². The second-order valence-corrected chi connectivity index (χ2v) is 6.22. The van der Waals surface area contributed by atoms with Crippen LogP contribution in [0, 0.1) is 6.92 Å². The molecule has 3 N–H and O–H groups in total. The quantitative estimate of drug-likeness (QED) is 0.749. The number of phenols is 1. The van der Waals surface area contributed by atoms with Gasteiger partial charge in [-0.25, -0.2) is 8.42 Å². The normalized spacial score (nSPS) is 11.4. The Kier molecular flexibility index (Phi) is 3.31. The molecule has 1 aromatic carbocycles. The van der Waals surface area contributed by atoms with Gasteiger partial charge in [0.05, 0.1) is 16.4 Å². The van der Waals surface area contributed by atoms with E-state index in [1.54, 1.807) is 13.0 Å². The lowest BCUT2D eigenvalue weighted by Gasteiger charge is -2.10. The maximum absolute atomic E-state index is 11.9. The molecule has 0 aliphatic rings. The third-order valence-electron chi connectivity index (χ3n) is 2.24. The van der Waals surface area contributed by atoms with Crippen LogP contribution in [0.3, 0.4) is 0 Å². The lowest BCUT2D eigenvalue weighted by atomic mass is 10.2. The van der Waals surface area contributed by atoms with Crippen molar-refractivity contribution in [1.29, 1.82) is 0 Å². The molecule has 0 bridgehead atoms. The van der Waals surface area contributed by atoms with Crippen LogP contribution in [0.15, 0.2) is 33.9 Å². The number of aryl methyl sites for hydroxylation is 1. The van der Waals surface area contributed by atoms with Gasteiger partial charge in [0, 0.05) is 6.20 Å². The van der Waals surface area contributed by atoms with Crippen molar-refractivity contribution in [3.05, 3.63) is 34.6 Å². The molecule has 0 spiro atoms. The molecular formula is C10H10BrN3O3S. The molecule has 0 amide bonds. The first kappa shape index (κ1) is 12.9. The molecule has 2 aromatic rings. The number of hydrogen-bond acceptors (Lipinski definition) is 4. The van der Waals surface area contributed by atoms with Crippen LogP contribution in [0.4, 0.5) is 5.69 Å². The maximum Gasteiger partial charge on any atom is 0.265 e. The molecule has 6 nitrogen and oxygen atoms in total. The van der Waals surface area contributed by atoms with Crippen molar-refractivity contribution in [2.75, 3.05) is 4.72 Å². The van der Waals surface area contributed by atoms with E-state index in [2.05, 4.69) is 30.8 Å². The summed E-state index contributed by atoms with van der Waals surface area (Å²) in [5.41, 5.74) is 0.924. The smallest absolute Gasteiger partial charge is 0.265 e. The van der Waals surface area contributed by atoms with Crippen LogP contribution < -0.4 is 4.72 Å². The molecule has 96 valence electrons. The summed E-state index contributed by atoms with van der Waals surface area (Å²) in [6, 6.07) is 3.22. The first-order valence-electron chi connectivity index (χ1n) is 4.91. The van der Waals surface area contributed by atoms with Crippen LogP contribution in [-0.2, 0) is 10.0 Å². The van der Waals surface area contributed by atoms with Crippen molar-refractivity contribution in [1.82, 2.24) is 10.2 Å². The van der Waals surface area contributed by atoms with Crippen molar-refractivity contribution in [2.24, 2.45) is 0 Å². The highest BCUT2D eigenvalue weighted by Gasteiger charge is 2.18. The Morgan fingerprint density at radius 3 is 2.78 bits per heavy atom. The number of aromatic hydroxyl groups is 1. The van der Waals surface area contributed by atoms with Gasteiger partial charge in [-0.2, -0.15) is 5.10 Å². The fourth-order valence-corrected chi connectivity index (χ4v) is 2.94. The number of nitrogens with zero attached hydrogens (tertiary/aromatic N) is 1. The number of phenolic OH excluding ortho intramolecular Hbond substituents is 1. The third-order valence-corrected chi connectivity index (χ3v) is 4.17. The van der Waals surface area contributed by atoms with Crippen LogP contribution in [0.1, 0.15) is 5.56 Å². The fraction of sp³-hybridized carbons (Fsp3) is 0.100. The zero-order valence-corrected chi connectivity index (χ0v) is 11.7. The van der Waals surface area contributed by atoms with Gasteiger partial charge in [-0.05, 0) is 40.5 Å². The Morgan fingerprint density at radius 1 is 1.44 bits per heavy atom. The minimum atomic E-state index is -3.75. The standard InChI is InChI=1S/C10H10BrN3O3S/c1-6-2-8(11)10(15)9(3-6)14-18(16,17)7-4-12-13-5-7/h2-5,14-15H,1H3,(H,12,13). The number of aromatic amines is 1. The molecule has 0 saturated carbocycles. The molecule has 0 aliphatic carbocycles. The topological polar surface area (TPSA) is 95.1 Å². The average molecular weight is 332 g/mol. The van der Waals surface area contributed by atoms with E-state index < -0.39 is 10.0 Å². The predicted octanol–water partition coefficient (Wildman–Crippen LogP) is 1.99. The van der Waals surface area contributed by atoms with E-state index in [0.717, 1.165) is 5.56 Å². The second kappa shape index (κ2) is 4.62. The summed E-state index contributed by atoms with van der Waals surface area (Å²) in [5, 5.41) is 15.8. The van der Waals surface area contributed by atoms with Gasteiger partial charge >= 0.3 is 0 Å². The maximum atomic E-state index is 11.9. The Hall–Kier alpha value is -1.54. The molecule has 0 aliphatic heterocycles. The van der Waals surface area contributed by atoms with Gasteiger partial charge < -0.3 is 5.11 Å². The van der Waals surface area contributed by atoms with Crippen LogP contribution in [0.2, 0.25) is 0 Å². The van der Waals surface area contributed by atoms with E-state index >= 15 is 0 Å². The van der Waals surface area contributed by atoms with Gasteiger partial charge in [-0.1, -0.05) is 0 Å². The minimum absolute atomic E-state index is 0.000437. The fourth-order valence-electron chi connectivity index (χ4n) is 1.40. The number of hydrogen-bond donors (Lipinski definition) is 3. The molecule has 0 saturated heterocycles. The highest BCUT2D eigenvalue weighted by atomic mass is 79.9. The SMILES string of the molecule is Cc1cc(Br)c(O)c(NS(=O)(=O)c2cn[nH]c2)c1. The van der Waals surface area contributed by atoms with E-state index in [-0.39, 0.29) is 16.3 Å². The number of benzene rings is 1. The highest BCUT2D eigenvalue weighted by Crippen LogP contribution is 2.34. The molecule has 0 unspecified atom stereocenters. The Bertz CT molecular complexity index is 668. The number of anilines is 1. The Balaban J connectivity index is 2.41. The van der Waals surface area contributed by atoms with Gasteiger partial charge in [0.1, 0.15) is 4.90 Å². The van der Waals surface area contributed by atoms with Crippen LogP contribution >= 0.6 is 15.9 Å². The van der Waals surface area contributed by atoms with E-state index in [1.807, 2.05) is 0 Å². The molecule has 0 atom stereocenters. The molecule has 18 heavy (non-hydrogen) atoms. The molecule has 0 fully saturated rings. The van der Waals surface area contributed by atoms with Gasteiger partial charge in [0.2, 0.25) is 0 Å². The molecule has 1 heterocycles.